The lowest BCUT2D eigenvalue weighted by atomic mass is 9.99. The third kappa shape index (κ3) is 48.3. The second-order valence-corrected chi connectivity index (χ2v) is 23.9. The van der Waals surface area contributed by atoms with Gasteiger partial charge in [-0.05, 0) is 109 Å². The molecule has 0 bridgehead atoms. The molecule has 0 saturated carbocycles. The number of amides is 1. The molecule has 11 nitrogen and oxygen atoms in total. The van der Waals surface area contributed by atoms with Crippen molar-refractivity contribution in [2.45, 2.75) is 339 Å². The van der Waals surface area contributed by atoms with Gasteiger partial charge in [0.15, 0.2) is 12.4 Å². The Bertz CT molecular complexity index is 1820. The number of unbranched alkanes of at least 4 members (excludes halogenated alkanes) is 29. The molecular weight excluding hydrogens is 1070 g/mol. The molecule has 1 amide bonds. The number of esters is 1. The van der Waals surface area contributed by atoms with Gasteiger partial charge in [-0.1, -0.05) is 284 Å². The zero-order valence-electron chi connectivity index (χ0n) is 54.9. The summed E-state index contributed by atoms with van der Waals surface area (Å²) < 4.78 is 17.6. The Morgan fingerprint density at radius 1 is 0.465 bits per heavy atom. The van der Waals surface area contributed by atoms with Gasteiger partial charge in [0.05, 0.1) is 25.4 Å². The van der Waals surface area contributed by atoms with Crippen LogP contribution in [0.3, 0.4) is 0 Å². The van der Waals surface area contributed by atoms with Gasteiger partial charge in [-0.15, -0.1) is 0 Å². The van der Waals surface area contributed by atoms with E-state index in [-0.39, 0.29) is 19.4 Å². The van der Waals surface area contributed by atoms with Crippen LogP contribution in [0.1, 0.15) is 290 Å². The fourth-order valence-corrected chi connectivity index (χ4v) is 10.4. The van der Waals surface area contributed by atoms with Gasteiger partial charge < -0.3 is 45.1 Å². The number of nitrogens with one attached hydrogen (secondary N) is 1. The van der Waals surface area contributed by atoms with Crippen molar-refractivity contribution >= 4 is 11.9 Å². The molecule has 8 unspecified atom stereocenters. The highest BCUT2D eigenvalue weighted by molar-refractivity contribution is 5.80. The lowest BCUT2D eigenvalue weighted by molar-refractivity contribution is -0.305. The summed E-state index contributed by atoms with van der Waals surface area (Å²) in [5, 5.41) is 57.2. The number of hydrogen-bond acceptors (Lipinski definition) is 10. The Balaban J connectivity index is 2.59. The number of aliphatic hydroxyl groups is 5. The molecule has 6 N–H and O–H groups in total. The number of allylic oxidation sites excluding steroid dienone is 17. The van der Waals surface area contributed by atoms with Crippen molar-refractivity contribution in [3.8, 4) is 0 Å². The van der Waals surface area contributed by atoms with Crippen LogP contribution in [-0.2, 0) is 23.8 Å². The molecule has 11 heteroatoms. The van der Waals surface area contributed by atoms with E-state index >= 15 is 0 Å². The van der Waals surface area contributed by atoms with E-state index in [0.29, 0.717) is 12.8 Å². The predicted molar refractivity (Wildman–Crippen MR) is 361 cm³/mol. The molecule has 494 valence electrons. The fourth-order valence-electron chi connectivity index (χ4n) is 10.4. The number of aliphatic hydroxyl groups excluding tert-OH is 5. The second-order valence-electron chi connectivity index (χ2n) is 23.9. The van der Waals surface area contributed by atoms with Crippen LogP contribution in [-0.4, -0.2) is 99.6 Å². The Kier molecular flexibility index (Phi) is 57.5. The van der Waals surface area contributed by atoms with Crippen molar-refractivity contribution in [2.75, 3.05) is 13.2 Å². The molecule has 1 aliphatic rings. The largest absolute Gasteiger partial charge is 0.454 e. The van der Waals surface area contributed by atoms with Gasteiger partial charge in [-0.25, -0.2) is 0 Å². The van der Waals surface area contributed by atoms with Gasteiger partial charge in [0.1, 0.15) is 24.4 Å². The SMILES string of the molecule is CC/C=C\C/C=C\C/C=C\C/C=C\C/C=C\CCCCCC(=O)OC1C(OCC(NC(=O)C(O)CCCCCCCCCCCCCCC/C=C\C/C=C\C/C=C\CCCCC)C(O)/C=C/CCCCCCCCCCCC)OC(CO)C(O)C1O. The van der Waals surface area contributed by atoms with Gasteiger partial charge in [0, 0.05) is 6.42 Å². The number of carbonyl (C=O) groups excluding carboxylic acids is 2. The number of ether oxygens (including phenoxy) is 3. The van der Waals surface area contributed by atoms with E-state index in [1.54, 1.807) is 6.08 Å². The van der Waals surface area contributed by atoms with Gasteiger partial charge in [-0.3, -0.25) is 9.59 Å². The van der Waals surface area contributed by atoms with Crippen molar-refractivity contribution in [1.29, 1.82) is 0 Å². The van der Waals surface area contributed by atoms with Crippen LogP contribution in [0, 0.1) is 0 Å². The van der Waals surface area contributed by atoms with E-state index in [0.717, 1.165) is 103 Å². The van der Waals surface area contributed by atoms with E-state index < -0.39 is 67.4 Å². The predicted octanol–water partition coefficient (Wildman–Crippen LogP) is 18.0. The third-order valence-corrected chi connectivity index (χ3v) is 15.9. The quantitative estimate of drug-likeness (QED) is 0.0195. The smallest absolute Gasteiger partial charge is 0.306 e. The maximum atomic E-state index is 13.5. The molecule has 0 aromatic carbocycles. The summed E-state index contributed by atoms with van der Waals surface area (Å²) in [6, 6.07) is -1.04. The van der Waals surface area contributed by atoms with Crippen LogP contribution in [0.4, 0.5) is 0 Å². The molecule has 8 atom stereocenters. The van der Waals surface area contributed by atoms with Crippen LogP contribution < -0.4 is 5.32 Å². The average molecular weight is 1200 g/mol. The van der Waals surface area contributed by atoms with Crippen molar-refractivity contribution in [3.63, 3.8) is 0 Å². The molecule has 1 saturated heterocycles. The van der Waals surface area contributed by atoms with Crippen LogP contribution in [0.25, 0.3) is 0 Å². The average Bonchev–Trinajstić information content (AvgIpc) is 3.01. The first kappa shape index (κ1) is 80.3. The first-order valence-electron chi connectivity index (χ1n) is 35.2. The summed E-state index contributed by atoms with van der Waals surface area (Å²) in [4.78, 5) is 26.7. The van der Waals surface area contributed by atoms with E-state index in [4.69, 9.17) is 14.2 Å². The highest BCUT2D eigenvalue weighted by atomic mass is 16.7. The maximum absolute atomic E-state index is 13.5. The van der Waals surface area contributed by atoms with Crippen LogP contribution in [0.2, 0.25) is 0 Å². The highest BCUT2D eigenvalue weighted by Crippen LogP contribution is 2.26. The minimum absolute atomic E-state index is 0.0800. The lowest BCUT2D eigenvalue weighted by Crippen LogP contribution is -2.61. The summed E-state index contributed by atoms with van der Waals surface area (Å²) in [5.41, 5.74) is 0. The van der Waals surface area contributed by atoms with E-state index in [1.165, 1.54) is 141 Å². The standard InChI is InChI=1S/C75H129NO10/c1-4-7-10-13-16-19-22-25-27-29-31-32-33-34-35-36-37-39-40-42-44-47-50-53-56-59-62-68(79)74(83)76-66(67(78)61-58-55-52-49-46-24-21-18-15-12-9-6-3)65-84-75-73(72(82)71(81)69(64-77)85-75)86-70(80)63-60-57-54-51-48-45-43-41-38-30-28-26-23-20-17-14-11-8-5-2/h8,11,16-17,19-20,25-28,31-32,38,41,45,48,58,61,66-69,71-73,75,77-79,81-82H,4-7,9-10,12-15,18,21-24,29-30,33-37,39-40,42-44,46-47,49-57,59-60,62-65H2,1-3H3,(H,76,83)/b11-8-,19-16-,20-17-,27-25-,28-26-,32-31-,41-38-,48-45-,61-58+. The monoisotopic (exact) mass is 1200 g/mol. The number of hydrogen-bond donors (Lipinski definition) is 6. The molecule has 1 rings (SSSR count). The molecule has 0 aromatic rings. The Morgan fingerprint density at radius 2 is 0.837 bits per heavy atom. The van der Waals surface area contributed by atoms with E-state index in [9.17, 15) is 35.1 Å². The highest BCUT2D eigenvalue weighted by Gasteiger charge is 2.47. The second kappa shape index (κ2) is 61.6. The topological polar surface area (TPSA) is 175 Å². The normalized spacial score (nSPS) is 19.0. The zero-order valence-corrected chi connectivity index (χ0v) is 54.9. The molecule has 1 aliphatic heterocycles. The van der Waals surface area contributed by atoms with E-state index in [1.807, 2.05) is 6.08 Å². The van der Waals surface area contributed by atoms with Gasteiger partial charge in [-0.2, -0.15) is 0 Å². The Labute approximate surface area is 526 Å². The molecule has 0 aromatic heterocycles. The zero-order chi connectivity index (χ0) is 62.4. The lowest BCUT2D eigenvalue weighted by Gasteiger charge is -2.41. The minimum atomic E-state index is -1.63. The summed E-state index contributed by atoms with van der Waals surface area (Å²) >= 11 is 0. The number of rotatable bonds is 59. The van der Waals surface area contributed by atoms with Gasteiger partial charge >= 0.3 is 5.97 Å². The Hall–Kier alpha value is -3.68. The summed E-state index contributed by atoms with van der Waals surface area (Å²) in [6.07, 6.45) is 74.1. The van der Waals surface area contributed by atoms with Gasteiger partial charge in [0.2, 0.25) is 5.91 Å². The minimum Gasteiger partial charge on any atom is -0.454 e. The summed E-state index contributed by atoms with van der Waals surface area (Å²) in [7, 11) is 0. The first-order valence-corrected chi connectivity index (χ1v) is 35.2. The van der Waals surface area contributed by atoms with Crippen molar-refractivity contribution in [3.05, 3.63) is 109 Å². The molecule has 0 spiro atoms. The van der Waals surface area contributed by atoms with Crippen LogP contribution >= 0.6 is 0 Å². The summed E-state index contributed by atoms with van der Waals surface area (Å²) in [5.74, 6) is -1.23. The summed E-state index contributed by atoms with van der Waals surface area (Å²) in [6.45, 7) is 5.64. The van der Waals surface area contributed by atoms with Crippen molar-refractivity contribution < 1.29 is 49.3 Å². The maximum Gasteiger partial charge on any atom is 0.306 e. The fraction of sp³-hybridized carbons (Fsp3) is 0.733. The first-order chi connectivity index (χ1) is 42.2. The van der Waals surface area contributed by atoms with Crippen LogP contribution in [0.15, 0.2) is 109 Å². The van der Waals surface area contributed by atoms with Crippen LogP contribution in [0.5, 0.6) is 0 Å². The molecule has 1 fully saturated rings. The number of carbonyl (C=O) groups is 2. The molecular formula is C75H129NO10. The van der Waals surface area contributed by atoms with Crippen molar-refractivity contribution in [1.82, 2.24) is 5.32 Å². The third-order valence-electron chi connectivity index (χ3n) is 15.9. The molecule has 1 heterocycles. The van der Waals surface area contributed by atoms with E-state index in [2.05, 4.69) is 123 Å². The van der Waals surface area contributed by atoms with Gasteiger partial charge in [0.25, 0.3) is 0 Å². The molecule has 0 radical (unpaired) electrons. The molecule has 0 aliphatic carbocycles. The molecule has 86 heavy (non-hydrogen) atoms. The van der Waals surface area contributed by atoms with Crippen molar-refractivity contribution in [2.24, 2.45) is 0 Å². The Morgan fingerprint density at radius 3 is 1.28 bits per heavy atom.